The van der Waals surface area contributed by atoms with Gasteiger partial charge >= 0.3 is 0 Å². The van der Waals surface area contributed by atoms with Crippen LogP contribution in [0.3, 0.4) is 0 Å². The number of hydrogen-bond donors (Lipinski definition) is 1. The van der Waals surface area contributed by atoms with Crippen LogP contribution in [0.2, 0.25) is 0 Å². The first-order valence-corrected chi connectivity index (χ1v) is 9.28. The van der Waals surface area contributed by atoms with E-state index in [-0.39, 0.29) is 6.04 Å². The predicted octanol–water partition coefficient (Wildman–Crippen LogP) is 4.41. The summed E-state index contributed by atoms with van der Waals surface area (Å²) >= 11 is 0. The number of hydrogen-bond acceptors (Lipinski definition) is 2. The van der Waals surface area contributed by atoms with E-state index in [1.165, 1.54) is 16.3 Å². The Morgan fingerprint density at radius 2 is 1.83 bits per heavy atom. The van der Waals surface area contributed by atoms with E-state index in [4.69, 9.17) is 5.73 Å². The first-order valence-electron chi connectivity index (χ1n) is 9.28. The number of carbonyl (C=O) groups is 1. The molecule has 2 aromatic carbocycles. The fourth-order valence-electron chi connectivity index (χ4n) is 3.85. The molecule has 1 amide bonds. The summed E-state index contributed by atoms with van der Waals surface area (Å²) in [5.41, 5.74) is 6.83. The summed E-state index contributed by atoms with van der Waals surface area (Å²) in [5.74, 6) is 0.318. The Balaban J connectivity index is 1.69. The molecule has 3 heteroatoms. The number of amides is 1. The van der Waals surface area contributed by atoms with Crippen LogP contribution in [-0.4, -0.2) is 23.9 Å². The number of unbranched alkanes of at least 4 members (excludes halogenated alkanes) is 3. The molecule has 1 saturated heterocycles. The quantitative estimate of drug-likeness (QED) is 0.767. The van der Waals surface area contributed by atoms with Crippen molar-refractivity contribution < 1.29 is 4.79 Å². The van der Waals surface area contributed by atoms with E-state index in [9.17, 15) is 4.79 Å². The number of nitrogens with two attached hydrogens (primary N) is 1. The maximum absolute atomic E-state index is 12.7. The van der Waals surface area contributed by atoms with Gasteiger partial charge in [0, 0.05) is 13.0 Å². The van der Waals surface area contributed by atoms with Gasteiger partial charge in [-0.1, -0.05) is 55.3 Å². The van der Waals surface area contributed by atoms with Gasteiger partial charge in [-0.3, -0.25) is 4.79 Å². The Kier molecular flexibility index (Phi) is 5.86. The minimum Gasteiger partial charge on any atom is -0.336 e. The number of benzene rings is 2. The highest BCUT2D eigenvalue weighted by Crippen LogP contribution is 2.36. The Morgan fingerprint density at radius 3 is 2.71 bits per heavy atom. The Hall–Kier alpha value is -1.87. The molecule has 128 valence electrons. The third-order valence-electron chi connectivity index (χ3n) is 5.10. The highest BCUT2D eigenvalue weighted by molar-refractivity contribution is 5.87. The van der Waals surface area contributed by atoms with Crippen LogP contribution in [0.1, 0.15) is 56.6 Å². The third-order valence-corrected chi connectivity index (χ3v) is 5.10. The second-order valence-electron chi connectivity index (χ2n) is 6.77. The second-order valence-corrected chi connectivity index (χ2v) is 6.77. The summed E-state index contributed by atoms with van der Waals surface area (Å²) in [4.78, 5) is 14.8. The first kappa shape index (κ1) is 17.0. The largest absolute Gasteiger partial charge is 0.336 e. The molecule has 1 fully saturated rings. The van der Waals surface area contributed by atoms with E-state index in [2.05, 4.69) is 47.4 Å². The van der Waals surface area contributed by atoms with E-state index < -0.39 is 0 Å². The van der Waals surface area contributed by atoms with Gasteiger partial charge in [-0.15, -0.1) is 0 Å². The number of nitrogens with zero attached hydrogens (tertiary/aromatic N) is 1. The topological polar surface area (TPSA) is 46.3 Å². The molecule has 3 nitrogen and oxygen atoms in total. The molecule has 0 spiro atoms. The molecule has 0 saturated carbocycles. The van der Waals surface area contributed by atoms with Crippen molar-refractivity contribution in [3.8, 4) is 0 Å². The summed E-state index contributed by atoms with van der Waals surface area (Å²) in [6, 6.07) is 15.2. The van der Waals surface area contributed by atoms with Gasteiger partial charge in [-0.05, 0) is 48.6 Å². The summed E-state index contributed by atoms with van der Waals surface area (Å²) in [5, 5.41) is 2.55. The fraction of sp³-hybridized carbons (Fsp3) is 0.476. The van der Waals surface area contributed by atoms with Crippen molar-refractivity contribution in [2.45, 2.75) is 51.0 Å². The van der Waals surface area contributed by atoms with Gasteiger partial charge in [0.25, 0.3) is 0 Å². The van der Waals surface area contributed by atoms with Crippen LogP contribution < -0.4 is 5.73 Å². The van der Waals surface area contributed by atoms with Crippen molar-refractivity contribution >= 4 is 16.7 Å². The molecule has 2 N–H and O–H groups in total. The van der Waals surface area contributed by atoms with Crippen LogP contribution in [0.25, 0.3) is 10.8 Å². The smallest absolute Gasteiger partial charge is 0.223 e. The van der Waals surface area contributed by atoms with Gasteiger partial charge in [0.1, 0.15) is 0 Å². The van der Waals surface area contributed by atoms with Gasteiger partial charge in [-0.2, -0.15) is 0 Å². The first-order chi connectivity index (χ1) is 11.8. The molecule has 1 aliphatic rings. The van der Waals surface area contributed by atoms with E-state index >= 15 is 0 Å². The summed E-state index contributed by atoms with van der Waals surface area (Å²) in [7, 11) is 0. The average molecular weight is 324 g/mol. The number of likely N-dealkylation sites (tertiary alicyclic amines) is 1. The SMILES string of the molecule is NCCCCCCC(=O)N1CCCC1c1cccc2ccccc12. The third kappa shape index (κ3) is 3.78. The van der Waals surface area contributed by atoms with Crippen molar-refractivity contribution in [2.75, 3.05) is 13.1 Å². The standard InChI is InChI=1S/C21H28N2O/c22-15-6-2-1-3-14-21(24)23-16-8-13-20(23)19-12-7-10-17-9-4-5-11-18(17)19/h4-5,7,9-12,20H,1-3,6,8,13-16,22H2. The zero-order valence-electron chi connectivity index (χ0n) is 14.4. The molecule has 1 unspecified atom stereocenters. The van der Waals surface area contributed by atoms with E-state index in [1.54, 1.807) is 0 Å². The molecular weight excluding hydrogens is 296 g/mol. The fourth-order valence-corrected chi connectivity index (χ4v) is 3.85. The lowest BCUT2D eigenvalue weighted by Gasteiger charge is -2.26. The van der Waals surface area contributed by atoms with Gasteiger partial charge in [0.2, 0.25) is 5.91 Å². The van der Waals surface area contributed by atoms with E-state index in [1.807, 2.05) is 0 Å². The maximum atomic E-state index is 12.7. The van der Waals surface area contributed by atoms with Crippen LogP contribution in [0.4, 0.5) is 0 Å². The van der Waals surface area contributed by atoms with Gasteiger partial charge in [0.15, 0.2) is 0 Å². The molecule has 24 heavy (non-hydrogen) atoms. The highest BCUT2D eigenvalue weighted by Gasteiger charge is 2.30. The molecule has 2 aromatic rings. The van der Waals surface area contributed by atoms with Crippen LogP contribution in [0.5, 0.6) is 0 Å². The molecule has 1 aliphatic heterocycles. The molecule has 0 aromatic heterocycles. The summed E-state index contributed by atoms with van der Waals surface area (Å²) in [6.07, 6.45) is 7.14. The molecule has 0 aliphatic carbocycles. The minimum atomic E-state index is 0.243. The van der Waals surface area contributed by atoms with Crippen LogP contribution in [-0.2, 0) is 4.79 Å². The average Bonchev–Trinajstić information content (AvgIpc) is 3.10. The monoisotopic (exact) mass is 324 g/mol. The van der Waals surface area contributed by atoms with Gasteiger partial charge in [-0.25, -0.2) is 0 Å². The minimum absolute atomic E-state index is 0.243. The molecule has 1 heterocycles. The number of rotatable bonds is 7. The van der Waals surface area contributed by atoms with Crippen molar-refractivity contribution in [1.82, 2.24) is 4.90 Å². The highest BCUT2D eigenvalue weighted by atomic mass is 16.2. The van der Waals surface area contributed by atoms with Crippen molar-refractivity contribution in [1.29, 1.82) is 0 Å². The van der Waals surface area contributed by atoms with Gasteiger partial charge in [0.05, 0.1) is 6.04 Å². The normalized spacial score (nSPS) is 17.5. The Labute approximate surface area is 144 Å². The number of fused-ring (bicyclic) bond motifs is 1. The van der Waals surface area contributed by atoms with Gasteiger partial charge < -0.3 is 10.6 Å². The lowest BCUT2D eigenvalue weighted by atomic mass is 9.97. The van der Waals surface area contributed by atoms with Crippen LogP contribution in [0.15, 0.2) is 42.5 Å². The van der Waals surface area contributed by atoms with Crippen LogP contribution in [0, 0.1) is 0 Å². The predicted molar refractivity (Wildman–Crippen MR) is 99.8 cm³/mol. The molecule has 0 bridgehead atoms. The number of carbonyl (C=O) groups excluding carboxylic acids is 1. The van der Waals surface area contributed by atoms with Crippen molar-refractivity contribution in [3.63, 3.8) is 0 Å². The molecule has 0 radical (unpaired) electrons. The summed E-state index contributed by atoms with van der Waals surface area (Å²) in [6.45, 7) is 1.65. The Bertz CT molecular complexity index is 677. The molecular formula is C21H28N2O. The lowest BCUT2D eigenvalue weighted by Crippen LogP contribution is -2.30. The van der Waals surface area contributed by atoms with Crippen molar-refractivity contribution in [2.24, 2.45) is 5.73 Å². The van der Waals surface area contributed by atoms with E-state index in [0.29, 0.717) is 12.3 Å². The summed E-state index contributed by atoms with van der Waals surface area (Å²) < 4.78 is 0. The molecule has 3 rings (SSSR count). The second kappa shape index (κ2) is 8.29. The lowest BCUT2D eigenvalue weighted by molar-refractivity contribution is -0.132. The molecule has 1 atom stereocenters. The van der Waals surface area contributed by atoms with Crippen LogP contribution >= 0.6 is 0 Å². The van der Waals surface area contributed by atoms with Crippen molar-refractivity contribution in [3.05, 3.63) is 48.0 Å². The zero-order valence-corrected chi connectivity index (χ0v) is 14.4. The Morgan fingerprint density at radius 1 is 1.04 bits per heavy atom. The maximum Gasteiger partial charge on any atom is 0.223 e. The zero-order chi connectivity index (χ0) is 16.8. The van der Waals surface area contributed by atoms with E-state index in [0.717, 1.165) is 51.6 Å².